The third-order valence-corrected chi connectivity index (χ3v) is 5.12. The van der Waals surface area contributed by atoms with Crippen LogP contribution in [0.2, 0.25) is 0 Å². The second-order valence-electron chi connectivity index (χ2n) is 6.02. The van der Waals surface area contributed by atoms with E-state index in [1.54, 1.807) is 5.51 Å². The highest BCUT2D eigenvalue weighted by molar-refractivity contribution is 7.14. The van der Waals surface area contributed by atoms with E-state index in [1.165, 1.54) is 11.3 Å². The summed E-state index contributed by atoms with van der Waals surface area (Å²) in [5.41, 5.74) is 4.72. The molecule has 2 heterocycles. The zero-order valence-electron chi connectivity index (χ0n) is 13.6. The molecule has 1 unspecified atom stereocenters. The van der Waals surface area contributed by atoms with Crippen molar-refractivity contribution in [2.75, 3.05) is 11.9 Å². The molecule has 0 saturated heterocycles. The van der Waals surface area contributed by atoms with E-state index in [4.69, 9.17) is 4.74 Å². The Kier molecular flexibility index (Phi) is 4.48. The lowest BCUT2D eigenvalue weighted by atomic mass is 9.90. The number of ether oxygens (including phenoxy) is 1. The maximum Gasteiger partial charge on any atom is 0.225 e. The van der Waals surface area contributed by atoms with Crippen molar-refractivity contribution in [2.45, 2.75) is 18.8 Å². The molecule has 0 fully saturated rings. The van der Waals surface area contributed by atoms with Crippen LogP contribution < -0.4 is 10.1 Å². The van der Waals surface area contributed by atoms with Gasteiger partial charge in [-0.3, -0.25) is 4.79 Å². The number of aromatic nitrogens is 1. The van der Waals surface area contributed by atoms with Gasteiger partial charge in [-0.1, -0.05) is 48.5 Å². The second kappa shape index (κ2) is 7.07. The van der Waals surface area contributed by atoms with Crippen molar-refractivity contribution in [3.63, 3.8) is 0 Å². The predicted octanol–water partition coefficient (Wildman–Crippen LogP) is 4.71. The van der Waals surface area contributed by atoms with Gasteiger partial charge in [0.2, 0.25) is 5.91 Å². The molecule has 4 nitrogen and oxygen atoms in total. The number of nitrogens with one attached hydrogen (secondary N) is 1. The Morgan fingerprint density at radius 2 is 1.96 bits per heavy atom. The van der Waals surface area contributed by atoms with Crippen molar-refractivity contribution < 1.29 is 9.53 Å². The molecule has 3 aromatic rings. The molecular weight excluding hydrogens is 332 g/mol. The molecule has 25 heavy (non-hydrogen) atoms. The lowest BCUT2D eigenvalue weighted by Gasteiger charge is -2.25. The van der Waals surface area contributed by atoms with E-state index in [-0.39, 0.29) is 11.8 Å². The highest BCUT2D eigenvalue weighted by atomic mass is 32.1. The van der Waals surface area contributed by atoms with Gasteiger partial charge in [-0.15, -0.1) is 11.3 Å². The number of rotatable bonds is 4. The van der Waals surface area contributed by atoms with Crippen molar-refractivity contribution in [3.05, 3.63) is 65.7 Å². The van der Waals surface area contributed by atoms with Gasteiger partial charge in [-0.2, -0.15) is 0 Å². The number of nitrogens with zero attached hydrogens (tertiary/aromatic N) is 1. The molecule has 0 spiro atoms. The Balaban J connectivity index is 1.49. The molecule has 0 radical (unpaired) electrons. The molecule has 4 rings (SSSR count). The third-order valence-electron chi connectivity index (χ3n) is 4.38. The normalized spacial score (nSPS) is 15.9. The number of hydrogen-bond donors (Lipinski definition) is 1. The van der Waals surface area contributed by atoms with Crippen LogP contribution in [-0.4, -0.2) is 17.5 Å². The molecule has 1 aliphatic rings. The van der Waals surface area contributed by atoms with E-state index >= 15 is 0 Å². The highest BCUT2D eigenvalue weighted by Crippen LogP contribution is 2.36. The summed E-state index contributed by atoms with van der Waals surface area (Å²) in [5.74, 6) is 1.11. The summed E-state index contributed by atoms with van der Waals surface area (Å²) < 4.78 is 5.68. The fourth-order valence-corrected chi connectivity index (χ4v) is 3.88. The Morgan fingerprint density at radius 1 is 1.16 bits per heavy atom. The van der Waals surface area contributed by atoms with E-state index in [1.807, 2.05) is 48.5 Å². The van der Waals surface area contributed by atoms with E-state index in [2.05, 4.69) is 16.4 Å². The smallest absolute Gasteiger partial charge is 0.225 e. The molecule has 0 aliphatic carbocycles. The number of fused-ring (bicyclic) bond motifs is 1. The maximum absolute atomic E-state index is 12.6. The number of hydrogen-bond acceptors (Lipinski definition) is 4. The minimum absolute atomic E-state index is 0.0168. The molecule has 1 amide bonds. The van der Waals surface area contributed by atoms with Crippen molar-refractivity contribution >= 4 is 22.2 Å². The SMILES string of the molecule is O=C(CC1CCOc2ccccc21)Nc1scnc1-c1ccccc1. The van der Waals surface area contributed by atoms with Gasteiger partial charge in [0.25, 0.3) is 0 Å². The van der Waals surface area contributed by atoms with Crippen LogP contribution in [0.5, 0.6) is 5.75 Å². The number of para-hydroxylation sites is 1. The average Bonchev–Trinajstić information content (AvgIpc) is 3.11. The largest absolute Gasteiger partial charge is 0.493 e. The second-order valence-corrected chi connectivity index (χ2v) is 6.88. The van der Waals surface area contributed by atoms with Gasteiger partial charge in [0.1, 0.15) is 16.4 Å². The minimum Gasteiger partial charge on any atom is -0.493 e. The molecular formula is C20H18N2O2S. The van der Waals surface area contributed by atoms with Crippen LogP contribution in [0.25, 0.3) is 11.3 Å². The van der Waals surface area contributed by atoms with E-state index in [0.29, 0.717) is 13.0 Å². The maximum atomic E-state index is 12.6. The monoisotopic (exact) mass is 350 g/mol. The number of thiazole rings is 1. The zero-order valence-corrected chi connectivity index (χ0v) is 14.5. The summed E-state index contributed by atoms with van der Waals surface area (Å²) in [4.78, 5) is 17.0. The van der Waals surface area contributed by atoms with Crippen molar-refractivity contribution in [1.29, 1.82) is 0 Å². The molecule has 0 saturated carbocycles. The first-order valence-corrected chi connectivity index (χ1v) is 9.19. The first kappa shape index (κ1) is 15.8. The summed E-state index contributed by atoms with van der Waals surface area (Å²) >= 11 is 1.45. The minimum atomic E-state index is 0.0168. The van der Waals surface area contributed by atoms with Gasteiger partial charge in [0.15, 0.2) is 0 Å². The van der Waals surface area contributed by atoms with Crippen LogP contribution >= 0.6 is 11.3 Å². The molecule has 1 N–H and O–H groups in total. The quantitative estimate of drug-likeness (QED) is 0.742. The van der Waals surface area contributed by atoms with Gasteiger partial charge < -0.3 is 10.1 Å². The third kappa shape index (κ3) is 3.42. The van der Waals surface area contributed by atoms with Crippen LogP contribution in [-0.2, 0) is 4.79 Å². The Bertz CT molecular complexity index is 876. The molecule has 2 aromatic carbocycles. The summed E-state index contributed by atoms with van der Waals surface area (Å²) in [6, 6.07) is 17.9. The lowest BCUT2D eigenvalue weighted by molar-refractivity contribution is -0.116. The van der Waals surface area contributed by atoms with Crippen LogP contribution in [0.1, 0.15) is 24.3 Å². The Labute approximate surface area is 150 Å². The van der Waals surface area contributed by atoms with Crippen LogP contribution in [0.15, 0.2) is 60.1 Å². The number of anilines is 1. The van der Waals surface area contributed by atoms with E-state index < -0.39 is 0 Å². The standard InChI is InChI=1S/C20H18N2O2S/c23-18(12-15-10-11-24-17-9-5-4-8-16(15)17)22-20-19(21-13-25-20)14-6-2-1-3-7-14/h1-9,13,15H,10-12H2,(H,22,23). The molecule has 0 bridgehead atoms. The lowest BCUT2D eigenvalue weighted by Crippen LogP contribution is -2.20. The first-order chi connectivity index (χ1) is 12.3. The van der Waals surface area contributed by atoms with Gasteiger partial charge in [0.05, 0.1) is 12.1 Å². The molecule has 1 aliphatic heterocycles. The van der Waals surface area contributed by atoms with Gasteiger partial charge >= 0.3 is 0 Å². The summed E-state index contributed by atoms with van der Waals surface area (Å²) in [6.45, 7) is 0.658. The van der Waals surface area contributed by atoms with Gasteiger partial charge in [-0.25, -0.2) is 4.98 Å². The van der Waals surface area contributed by atoms with Crippen molar-refractivity contribution in [1.82, 2.24) is 4.98 Å². The van der Waals surface area contributed by atoms with Gasteiger partial charge in [0, 0.05) is 12.0 Å². The molecule has 5 heteroatoms. The number of benzene rings is 2. The molecule has 1 aromatic heterocycles. The predicted molar refractivity (Wildman–Crippen MR) is 100 cm³/mol. The fourth-order valence-electron chi connectivity index (χ4n) is 3.17. The number of amides is 1. The van der Waals surface area contributed by atoms with Crippen molar-refractivity contribution in [3.8, 4) is 17.0 Å². The van der Waals surface area contributed by atoms with Crippen LogP contribution in [0.4, 0.5) is 5.00 Å². The summed E-state index contributed by atoms with van der Waals surface area (Å²) in [5, 5.41) is 3.85. The topological polar surface area (TPSA) is 51.2 Å². The van der Waals surface area contributed by atoms with Gasteiger partial charge in [-0.05, 0) is 24.0 Å². The Hall–Kier alpha value is -2.66. The van der Waals surface area contributed by atoms with E-state index in [0.717, 1.165) is 34.0 Å². The summed E-state index contributed by atoms with van der Waals surface area (Å²) in [6.07, 6.45) is 1.31. The molecule has 1 atom stereocenters. The number of carbonyl (C=O) groups is 1. The van der Waals surface area contributed by atoms with Crippen LogP contribution in [0.3, 0.4) is 0 Å². The highest BCUT2D eigenvalue weighted by Gasteiger charge is 2.24. The zero-order chi connectivity index (χ0) is 17.1. The number of carbonyl (C=O) groups excluding carboxylic acids is 1. The first-order valence-electron chi connectivity index (χ1n) is 8.32. The van der Waals surface area contributed by atoms with Crippen LogP contribution in [0, 0.1) is 0 Å². The Morgan fingerprint density at radius 3 is 2.84 bits per heavy atom. The fraction of sp³-hybridized carbons (Fsp3) is 0.200. The molecule has 126 valence electrons. The summed E-state index contributed by atoms with van der Waals surface area (Å²) in [7, 11) is 0. The average molecular weight is 350 g/mol. The van der Waals surface area contributed by atoms with Crippen molar-refractivity contribution in [2.24, 2.45) is 0 Å². The van der Waals surface area contributed by atoms with E-state index in [9.17, 15) is 4.79 Å².